The summed E-state index contributed by atoms with van der Waals surface area (Å²) in [4.78, 5) is 15.5. The second kappa shape index (κ2) is 10.9. The number of morpholine rings is 1. The predicted molar refractivity (Wildman–Crippen MR) is 146 cm³/mol. The first kappa shape index (κ1) is 27.4. The Hall–Kier alpha value is -4.75. The molecule has 0 bridgehead atoms. The van der Waals surface area contributed by atoms with Crippen LogP contribution in [0.2, 0.25) is 0 Å². The van der Waals surface area contributed by atoms with Crippen LogP contribution in [0.4, 0.5) is 29.1 Å². The summed E-state index contributed by atoms with van der Waals surface area (Å²) in [7, 11) is 0. The third-order valence-electron chi connectivity index (χ3n) is 6.99. The minimum atomic E-state index is -4.82. The summed E-state index contributed by atoms with van der Waals surface area (Å²) >= 11 is 0. The average Bonchev–Trinajstić information content (AvgIpc) is 3.59. The van der Waals surface area contributed by atoms with Crippen LogP contribution in [-0.2, 0) is 17.5 Å². The molecule has 0 radical (unpaired) electrons. The van der Waals surface area contributed by atoms with Crippen molar-refractivity contribution >= 4 is 28.4 Å². The Kier molecular flexibility index (Phi) is 7.12. The number of anilines is 2. The van der Waals surface area contributed by atoms with Crippen LogP contribution in [-0.4, -0.2) is 52.0 Å². The van der Waals surface area contributed by atoms with Gasteiger partial charge in [0.05, 0.1) is 24.3 Å². The number of rotatable bonds is 6. The van der Waals surface area contributed by atoms with Crippen molar-refractivity contribution in [2.45, 2.75) is 12.7 Å². The second-order valence-corrected chi connectivity index (χ2v) is 9.77. The molecule has 1 aliphatic rings. The van der Waals surface area contributed by atoms with Gasteiger partial charge in [-0.05, 0) is 47.5 Å². The zero-order valence-electron chi connectivity index (χ0n) is 22.0. The van der Waals surface area contributed by atoms with Gasteiger partial charge >= 0.3 is 6.18 Å². The van der Waals surface area contributed by atoms with E-state index in [-0.39, 0.29) is 17.2 Å². The molecule has 0 unspecified atom stereocenters. The molecular weight excluding hydrogens is 556 g/mol. The van der Waals surface area contributed by atoms with Gasteiger partial charge in [-0.3, -0.25) is 9.69 Å². The molecule has 3 aromatic carbocycles. The highest BCUT2D eigenvalue weighted by Gasteiger charge is 2.36. The van der Waals surface area contributed by atoms with Crippen molar-refractivity contribution in [2.75, 3.05) is 37.4 Å². The number of alkyl halides is 3. The lowest BCUT2D eigenvalue weighted by atomic mass is 9.98. The van der Waals surface area contributed by atoms with Crippen molar-refractivity contribution in [1.82, 2.24) is 19.8 Å². The topological polar surface area (TPSA) is 111 Å². The van der Waals surface area contributed by atoms with E-state index in [0.717, 1.165) is 29.4 Å². The number of nitrogens with two attached hydrogens (primary N) is 1. The fraction of sp³-hybridized carbons (Fsp3) is 0.207. The number of carbonyl (C=O) groups is 1. The first-order valence-electron chi connectivity index (χ1n) is 13.0. The lowest BCUT2D eigenvalue weighted by Gasteiger charge is -2.27. The minimum Gasteiger partial charge on any atom is -0.380 e. The first-order valence-corrected chi connectivity index (χ1v) is 13.0. The Morgan fingerprint density at radius 1 is 1.00 bits per heavy atom. The zero-order valence-corrected chi connectivity index (χ0v) is 22.0. The summed E-state index contributed by atoms with van der Waals surface area (Å²) in [6.45, 7) is 3.44. The maximum absolute atomic E-state index is 15.4. The molecule has 5 aromatic rings. The maximum atomic E-state index is 15.4. The molecule has 1 amide bonds. The third-order valence-corrected chi connectivity index (χ3v) is 6.99. The Morgan fingerprint density at radius 3 is 2.55 bits per heavy atom. The van der Waals surface area contributed by atoms with Crippen molar-refractivity contribution in [2.24, 2.45) is 0 Å². The number of amides is 1. The van der Waals surface area contributed by atoms with Gasteiger partial charge in [0.2, 0.25) is 0 Å². The predicted octanol–water partition coefficient (Wildman–Crippen LogP) is 5.51. The van der Waals surface area contributed by atoms with Gasteiger partial charge in [-0.15, -0.1) is 0 Å². The standard InChI is InChI=1S/C29H24F4N6O3/c30-23-13-18(5-7-21(23)20-4-2-1-3-17(20)16-38-9-11-41-12-10-38)35-28(40)24-15-26(29(31,32)33)36-39(24)19-6-8-25-22(14-19)27(34)37-42-25/h1-8,13-15H,9-12,16H2,(H2,34,37)(H,35,40). The third kappa shape index (κ3) is 5.43. The van der Waals surface area contributed by atoms with Crippen LogP contribution in [0.3, 0.4) is 0 Å². The van der Waals surface area contributed by atoms with Crippen LogP contribution in [0.1, 0.15) is 21.7 Å². The van der Waals surface area contributed by atoms with Crippen LogP contribution >= 0.6 is 0 Å². The molecule has 13 heteroatoms. The lowest BCUT2D eigenvalue weighted by molar-refractivity contribution is -0.141. The Bertz CT molecular complexity index is 1780. The Labute approximate surface area is 236 Å². The fourth-order valence-corrected chi connectivity index (χ4v) is 4.88. The molecule has 1 saturated heterocycles. The molecule has 1 aliphatic heterocycles. The average molecular weight is 581 g/mol. The van der Waals surface area contributed by atoms with Gasteiger partial charge in [-0.1, -0.05) is 29.4 Å². The maximum Gasteiger partial charge on any atom is 0.435 e. The molecule has 0 spiro atoms. The molecule has 3 N–H and O–H groups in total. The largest absolute Gasteiger partial charge is 0.435 e. The summed E-state index contributed by atoms with van der Waals surface area (Å²) < 4.78 is 67.5. The van der Waals surface area contributed by atoms with E-state index in [0.29, 0.717) is 47.9 Å². The quantitative estimate of drug-likeness (QED) is 0.255. The normalized spacial score (nSPS) is 14.4. The fourth-order valence-electron chi connectivity index (χ4n) is 4.88. The van der Waals surface area contributed by atoms with Crippen molar-refractivity contribution < 1.29 is 31.6 Å². The SMILES string of the molecule is Nc1noc2ccc(-n3nc(C(F)(F)F)cc3C(=O)Nc3ccc(-c4ccccc4CN4CCOCC4)c(F)c3)cc12. The molecule has 0 atom stereocenters. The molecule has 3 heterocycles. The molecule has 0 saturated carbocycles. The monoisotopic (exact) mass is 580 g/mol. The molecule has 2 aromatic heterocycles. The van der Waals surface area contributed by atoms with Crippen LogP contribution in [0.5, 0.6) is 0 Å². The first-order chi connectivity index (χ1) is 20.2. The molecule has 0 aliphatic carbocycles. The van der Waals surface area contributed by atoms with Gasteiger partial charge in [0.25, 0.3) is 5.91 Å². The molecule has 1 fully saturated rings. The van der Waals surface area contributed by atoms with E-state index < -0.39 is 29.3 Å². The number of benzene rings is 3. The van der Waals surface area contributed by atoms with Crippen LogP contribution in [0.25, 0.3) is 27.8 Å². The number of hydrogen-bond donors (Lipinski definition) is 2. The van der Waals surface area contributed by atoms with Crippen molar-refractivity contribution in [3.05, 3.63) is 89.5 Å². The Morgan fingerprint density at radius 2 is 1.79 bits per heavy atom. The summed E-state index contributed by atoms with van der Waals surface area (Å²) in [6, 6.07) is 16.5. The van der Waals surface area contributed by atoms with Gasteiger partial charge in [-0.2, -0.15) is 18.3 Å². The van der Waals surface area contributed by atoms with Crippen LogP contribution in [0.15, 0.2) is 71.3 Å². The lowest BCUT2D eigenvalue weighted by Crippen LogP contribution is -2.35. The van der Waals surface area contributed by atoms with E-state index in [4.69, 9.17) is 15.0 Å². The molecule has 9 nitrogen and oxygen atoms in total. The van der Waals surface area contributed by atoms with Crippen LogP contribution in [0, 0.1) is 5.82 Å². The number of hydrogen-bond acceptors (Lipinski definition) is 7. The van der Waals surface area contributed by atoms with E-state index >= 15 is 4.39 Å². The van der Waals surface area contributed by atoms with Crippen molar-refractivity contribution in [3.8, 4) is 16.8 Å². The summed E-state index contributed by atoms with van der Waals surface area (Å²) in [5.41, 5.74) is 6.56. The highest BCUT2D eigenvalue weighted by molar-refractivity contribution is 6.04. The van der Waals surface area contributed by atoms with Crippen molar-refractivity contribution in [3.63, 3.8) is 0 Å². The van der Waals surface area contributed by atoms with E-state index in [1.54, 1.807) is 0 Å². The smallest absolute Gasteiger partial charge is 0.380 e. The van der Waals surface area contributed by atoms with Gasteiger partial charge in [0.1, 0.15) is 11.5 Å². The Balaban J connectivity index is 1.29. The molecule has 216 valence electrons. The highest BCUT2D eigenvalue weighted by atomic mass is 19.4. The number of nitrogen functional groups attached to an aromatic ring is 1. The summed E-state index contributed by atoms with van der Waals surface area (Å²) in [6.07, 6.45) is -4.82. The summed E-state index contributed by atoms with van der Waals surface area (Å²) in [5.74, 6) is -1.49. The summed E-state index contributed by atoms with van der Waals surface area (Å²) in [5, 5.41) is 10.1. The van der Waals surface area contributed by atoms with Gasteiger partial charge in [0.15, 0.2) is 17.1 Å². The van der Waals surface area contributed by atoms with E-state index in [1.807, 2.05) is 24.3 Å². The number of halogens is 4. The van der Waals surface area contributed by atoms with E-state index in [2.05, 4.69) is 20.5 Å². The number of carbonyl (C=O) groups excluding carboxylic acids is 1. The van der Waals surface area contributed by atoms with E-state index in [1.165, 1.54) is 30.3 Å². The van der Waals surface area contributed by atoms with E-state index in [9.17, 15) is 18.0 Å². The van der Waals surface area contributed by atoms with Crippen molar-refractivity contribution in [1.29, 1.82) is 0 Å². The number of aromatic nitrogens is 3. The van der Waals surface area contributed by atoms with Crippen LogP contribution < -0.4 is 11.1 Å². The number of nitrogens with one attached hydrogen (secondary N) is 1. The minimum absolute atomic E-state index is 0.0307. The second-order valence-electron chi connectivity index (χ2n) is 9.77. The number of nitrogens with zero attached hydrogens (tertiary/aromatic N) is 4. The number of fused-ring (bicyclic) bond motifs is 1. The molecular formula is C29H24F4N6O3. The van der Waals surface area contributed by atoms with Gasteiger partial charge in [0, 0.05) is 37.0 Å². The number of ether oxygens (including phenoxy) is 1. The zero-order chi connectivity index (χ0) is 29.4. The van der Waals surface area contributed by atoms with Gasteiger partial charge < -0.3 is 20.3 Å². The van der Waals surface area contributed by atoms with Gasteiger partial charge in [-0.25, -0.2) is 9.07 Å². The molecule has 6 rings (SSSR count). The molecule has 42 heavy (non-hydrogen) atoms. The highest BCUT2D eigenvalue weighted by Crippen LogP contribution is 2.32.